The Balaban J connectivity index is 1.96. The summed E-state index contributed by atoms with van der Waals surface area (Å²) in [5.41, 5.74) is 5.21. The van der Waals surface area contributed by atoms with Gasteiger partial charge in [-0.1, -0.05) is 53.6 Å². The number of hydroxylamine groups is 2. The zero-order valence-corrected chi connectivity index (χ0v) is 17.7. The minimum Gasteiger partial charge on any atom is -0.461 e. The molecule has 1 aliphatic rings. The lowest BCUT2D eigenvalue weighted by molar-refractivity contribution is -0.260. The first-order valence-corrected chi connectivity index (χ1v) is 9.91. The van der Waals surface area contributed by atoms with Gasteiger partial charge in [-0.3, -0.25) is 10.5 Å². The first-order valence-electron chi connectivity index (χ1n) is 9.91. The highest BCUT2D eigenvalue weighted by Crippen LogP contribution is 2.45. The second kappa shape index (κ2) is 8.05. The van der Waals surface area contributed by atoms with E-state index in [1.165, 1.54) is 7.05 Å². The Morgan fingerprint density at radius 2 is 1.73 bits per heavy atom. The van der Waals surface area contributed by atoms with E-state index in [9.17, 15) is 22.8 Å². The lowest BCUT2D eigenvalue weighted by Crippen LogP contribution is -2.53. The molecule has 1 fully saturated rings. The van der Waals surface area contributed by atoms with Gasteiger partial charge in [-0.15, -0.1) is 0 Å². The van der Waals surface area contributed by atoms with Crippen LogP contribution < -0.4 is 5.73 Å². The smallest absolute Gasteiger partial charge is 0.461 e. The molecule has 1 saturated heterocycles. The molecule has 2 heterocycles. The fraction of sp³-hybridized carbons (Fsp3) is 0.217. The molecule has 2 atom stereocenters. The van der Waals surface area contributed by atoms with Gasteiger partial charge in [0.25, 0.3) is 5.91 Å². The van der Waals surface area contributed by atoms with Gasteiger partial charge in [-0.05, 0) is 36.2 Å². The second-order valence-electron chi connectivity index (χ2n) is 7.60. The van der Waals surface area contributed by atoms with Crippen molar-refractivity contribution in [1.29, 1.82) is 0 Å². The number of benzene rings is 2. The number of carbonyl (C=O) groups is 2. The molecule has 0 bridgehead atoms. The van der Waals surface area contributed by atoms with E-state index in [2.05, 4.69) is 0 Å². The molecule has 10 heteroatoms. The minimum absolute atomic E-state index is 0.250. The summed E-state index contributed by atoms with van der Waals surface area (Å²) in [7, 11) is 1.33. The highest BCUT2D eigenvalue weighted by Gasteiger charge is 2.61. The molecule has 7 nitrogen and oxygen atoms in total. The minimum atomic E-state index is -5.29. The number of rotatable bonds is 4. The summed E-state index contributed by atoms with van der Waals surface area (Å²) in [6, 6.07) is 18.1. The largest absolute Gasteiger partial charge is 0.492 e. The van der Waals surface area contributed by atoms with E-state index in [1.807, 2.05) is 0 Å². The van der Waals surface area contributed by atoms with Crippen LogP contribution in [0.2, 0.25) is 0 Å². The first kappa shape index (κ1) is 22.6. The van der Waals surface area contributed by atoms with Gasteiger partial charge in [0.2, 0.25) is 0 Å². The van der Waals surface area contributed by atoms with E-state index >= 15 is 0 Å². The van der Waals surface area contributed by atoms with Crippen LogP contribution in [-0.4, -0.2) is 41.4 Å². The molecule has 2 unspecified atom stereocenters. The van der Waals surface area contributed by atoms with E-state index in [0.29, 0.717) is 22.1 Å². The molecule has 0 spiro atoms. The maximum atomic E-state index is 13.6. The van der Waals surface area contributed by atoms with Gasteiger partial charge in [-0.25, -0.2) is 4.79 Å². The van der Waals surface area contributed by atoms with E-state index in [-0.39, 0.29) is 11.1 Å². The van der Waals surface area contributed by atoms with E-state index < -0.39 is 29.9 Å². The van der Waals surface area contributed by atoms with Crippen molar-refractivity contribution in [2.75, 3.05) is 7.05 Å². The summed E-state index contributed by atoms with van der Waals surface area (Å²) in [4.78, 5) is 31.3. The van der Waals surface area contributed by atoms with Crippen molar-refractivity contribution in [3.05, 3.63) is 83.6 Å². The molecule has 33 heavy (non-hydrogen) atoms. The third-order valence-corrected chi connectivity index (χ3v) is 5.51. The monoisotopic (exact) mass is 459 g/mol. The molecule has 4 rings (SSSR count). The number of hydrogen-bond acceptors (Lipinski definition) is 6. The molecular weight excluding hydrogens is 439 g/mol. The average molecular weight is 459 g/mol. The molecule has 2 N–H and O–H groups in total. The van der Waals surface area contributed by atoms with Crippen LogP contribution in [0.1, 0.15) is 16.9 Å². The highest BCUT2D eigenvalue weighted by molar-refractivity contribution is 5.94. The molecule has 3 aromatic rings. The van der Waals surface area contributed by atoms with Gasteiger partial charge in [-0.2, -0.15) is 13.2 Å². The predicted molar refractivity (Wildman–Crippen MR) is 111 cm³/mol. The maximum absolute atomic E-state index is 13.6. The molecule has 1 aliphatic heterocycles. The standard InChI is InChI=1S/C23H20F3N3O4/c1-14-11-12-18(32-14)15-7-6-10-17(13-15)22(16-8-4-3-5-9-16)19(30)28(2)21(27)29(22)33-20(31)23(24,25)26/h3-13,21H,27H2,1-2H3. The lowest BCUT2D eigenvalue weighted by atomic mass is 9.81. The Kier molecular flexibility index (Phi) is 5.51. The zero-order valence-electron chi connectivity index (χ0n) is 17.7. The van der Waals surface area contributed by atoms with E-state index in [4.69, 9.17) is 15.0 Å². The first-order chi connectivity index (χ1) is 15.6. The number of alkyl halides is 3. The normalized spacial score (nSPS) is 21.5. The number of hydrogen-bond donors (Lipinski definition) is 1. The molecule has 0 aliphatic carbocycles. The van der Waals surface area contributed by atoms with Crippen LogP contribution >= 0.6 is 0 Å². The number of likely N-dealkylation sites (N-methyl/N-ethyl adjacent to an activating group) is 1. The van der Waals surface area contributed by atoms with Gasteiger partial charge in [0.05, 0.1) is 0 Å². The highest BCUT2D eigenvalue weighted by atomic mass is 19.4. The summed E-state index contributed by atoms with van der Waals surface area (Å²) >= 11 is 0. The van der Waals surface area contributed by atoms with Crippen LogP contribution in [0.3, 0.4) is 0 Å². The van der Waals surface area contributed by atoms with Crippen LogP contribution in [0.5, 0.6) is 0 Å². The number of furan rings is 1. The van der Waals surface area contributed by atoms with Gasteiger partial charge in [0, 0.05) is 12.6 Å². The van der Waals surface area contributed by atoms with Gasteiger partial charge in [0.1, 0.15) is 11.5 Å². The van der Waals surface area contributed by atoms with Crippen molar-refractivity contribution in [3.8, 4) is 11.3 Å². The van der Waals surface area contributed by atoms with Crippen LogP contribution in [0, 0.1) is 6.92 Å². The van der Waals surface area contributed by atoms with Crippen molar-refractivity contribution in [3.63, 3.8) is 0 Å². The van der Waals surface area contributed by atoms with E-state index in [0.717, 1.165) is 4.90 Å². The van der Waals surface area contributed by atoms with Crippen molar-refractivity contribution in [1.82, 2.24) is 9.96 Å². The fourth-order valence-electron chi connectivity index (χ4n) is 3.92. The number of nitrogens with zero attached hydrogens (tertiary/aromatic N) is 2. The zero-order chi connectivity index (χ0) is 24.0. The number of amides is 1. The number of aryl methyl sites for hydroxylation is 1. The second-order valence-corrected chi connectivity index (χ2v) is 7.60. The Bertz CT molecular complexity index is 1190. The van der Waals surface area contributed by atoms with Crippen molar-refractivity contribution < 1.29 is 32.0 Å². The Hall–Kier alpha value is -3.63. The fourth-order valence-corrected chi connectivity index (χ4v) is 3.92. The summed E-state index contributed by atoms with van der Waals surface area (Å²) in [5.74, 6) is -1.99. The summed E-state index contributed by atoms with van der Waals surface area (Å²) in [6.07, 6.45) is -6.77. The van der Waals surface area contributed by atoms with Crippen LogP contribution in [0.25, 0.3) is 11.3 Å². The van der Waals surface area contributed by atoms with Gasteiger partial charge in [0.15, 0.2) is 11.8 Å². The Morgan fingerprint density at radius 3 is 2.33 bits per heavy atom. The third-order valence-electron chi connectivity index (χ3n) is 5.51. The van der Waals surface area contributed by atoms with Crippen LogP contribution in [-0.2, 0) is 20.0 Å². The number of halogens is 3. The lowest BCUT2D eigenvalue weighted by Gasteiger charge is -2.36. The Labute approximate surface area is 187 Å². The van der Waals surface area contributed by atoms with Crippen molar-refractivity contribution in [2.24, 2.45) is 5.73 Å². The molecular formula is C23H20F3N3O4. The number of nitrogens with two attached hydrogens (primary N) is 1. The van der Waals surface area contributed by atoms with Gasteiger partial charge >= 0.3 is 12.1 Å². The Morgan fingerprint density at radius 1 is 1.06 bits per heavy atom. The topological polar surface area (TPSA) is 89.0 Å². The third kappa shape index (κ3) is 3.66. The van der Waals surface area contributed by atoms with Crippen LogP contribution in [0.15, 0.2) is 71.1 Å². The molecule has 2 aromatic carbocycles. The number of carbonyl (C=O) groups excluding carboxylic acids is 2. The molecule has 1 amide bonds. The predicted octanol–water partition coefficient (Wildman–Crippen LogP) is 3.54. The molecule has 1 aromatic heterocycles. The summed E-state index contributed by atoms with van der Waals surface area (Å²) in [6.45, 7) is 1.77. The summed E-state index contributed by atoms with van der Waals surface area (Å²) in [5, 5.41) is 0.604. The van der Waals surface area contributed by atoms with Gasteiger partial charge < -0.3 is 14.2 Å². The molecule has 0 radical (unpaired) electrons. The quantitative estimate of drug-likeness (QED) is 0.642. The molecule has 172 valence electrons. The summed E-state index contributed by atoms with van der Waals surface area (Å²) < 4.78 is 45.0. The maximum Gasteiger partial charge on any atom is 0.492 e. The van der Waals surface area contributed by atoms with Crippen molar-refractivity contribution in [2.45, 2.75) is 24.9 Å². The SMILES string of the molecule is Cc1ccc(-c2cccc(C3(c4ccccc4)C(=O)N(C)C(N)N3OC(=O)C(F)(F)F)c2)o1. The average Bonchev–Trinajstić information content (AvgIpc) is 3.30. The molecule has 0 saturated carbocycles. The van der Waals surface area contributed by atoms with Crippen LogP contribution in [0.4, 0.5) is 13.2 Å². The van der Waals surface area contributed by atoms with E-state index in [1.54, 1.807) is 73.7 Å². The van der Waals surface area contributed by atoms with Crippen molar-refractivity contribution >= 4 is 11.9 Å².